The number of nitrogens with zero attached hydrogens (tertiary/aromatic N) is 2. The van der Waals surface area contributed by atoms with Crippen LogP contribution < -0.4 is 0 Å². The maximum atomic E-state index is 11.4. The van der Waals surface area contributed by atoms with E-state index in [1.807, 2.05) is 21.1 Å². The fourth-order valence-electron chi connectivity index (χ4n) is 1.23. The lowest BCUT2D eigenvalue weighted by Gasteiger charge is -2.23. The molecular weight excluding hydrogens is 212 g/mol. The number of quaternary nitrogens is 1. The number of amides is 2. The monoisotopic (exact) mass is 229 g/mol. The molecule has 0 N–H and O–H groups in total. The lowest BCUT2D eigenvalue weighted by molar-refractivity contribution is -0.869. The summed E-state index contributed by atoms with van der Waals surface area (Å²) in [6, 6.07) is 0. The SMILES string of the molecule is C[N+](C)(C)CCC(=O)ON1C(=O)CCC1=O. The molecule has 6 heteroatoms. The lowest BCUT2D eigenvalue weighted by atomic mass is 10.4. The van der Waals surface area contributed by atoms with Crippen molar-refractivity contribution in [3.05, 3.63) is 0 Å². The number of carbonyl (C=O) groups is 3. The Balaban J connectivity index is 2.40. The average molecular weight is 229 g/mol. The summed E-state index contributed by atoms with van der Waals surface area (Å²) in [6.07, 6.45) is 0.434. The quantitative estimate of drug-likeness (QED) is 0.490. The van der Waals surface area contributed by atoms with Crippen LogP contribution in [0.2, 0.25) is 0 Å². The molecule has 0 spiro atoms. The second-order valence-electron chi connectivity index (χ2n) is 4.81. The van der Waals surface area contributed by atoms with Crippen LogP contribution in [0.5, 0.6) is 0 Å². The second kappa shape index (κ2) is 4.61. The van der Waals surface area contributed by atoms with E-state index in [1.165, 1.54) is 0 Å². The van der Waals surface area contributed by atoms with Crippen molar-refractivity contribution in [2.45, 2.75) is 19.3 Å². The van der Waals surface area contributed by atoms with E-state index in [0.717, 1.165) is 0 Å². The van der Waals surface area contributed by atoms with E-state index in [0.29, 0.717) is 16.1 Å². The Hall–Kier alpha value is -1.43. The molecule has 1 aliphatic rings. The Morgan fingerprint density at radius 2 is 1.75 bits per heavy atom. The largest absolute Gasteiger partial charge is 0.338 e. The minimum atomic E-state index is -0.545. The Bertz CT molecular complexity index is 303. The summed E-state index contributed by atoms with van der Waals surface area (Å²) in [4.78, 5) is 38.4. The molecule has 16 heavy (non-hydrogen) atoms. The van der Waals surface area contributed by atoms with Gasteiger partial charge >= 0.3 is 5.97 Å². The lowest BCUT2D eigenvalue weighted by Crippen LogP contribution is -2.38. The summed E-state index contributed by atoms with van der Waals surface area (Å²) < 4.78 is 0.622. The first-order valence-electron chi connectivity index (χ1n) is 5.16. The molecule has 1 saturated heterocycles. The molecule has 0 bridgehead atoms. The summed E-state index contributed by atoms with van der Waals surface area (Å²) in [5.41, 5.74) is 0. The van der Waals surface area contributed by atoms with Gasteiger partial charge in [0.2, 0.25) is 0 Å². The molecule has 2 amide bonds. The number of rotatable bonds is 4. The van der Waals surface area contributed by atoms with Crippen molar-refractivity contribution in [3.63, 3.8) is 0 Å². The minimum absolute atomic E-state index is 0.126. The van der Waals surface area contributed by atoms with E-state index in [2.05, 4.69) is 0 Å². The van der Waals surface area contributed by atoms with E-state index in [4.69, 9.17) is 4.84 Å². The third-order valence-electron chi connectivity index (χ3n) is 2.19. The van der Waals surface area contributed by atoms with Crippen LogP contribution in [0, 0.1) is 0 Å². The van der Waals surface area contributed by atoms with Gasteiger partial charge in [0.15, 0.2) is 0 Å². The third kappa shape index (κ3) is 3.62. The molecule has 6 nitrogen and oxygen atoms in total. The Morgan fingerprint density at radius 3 is 2.19 bits per heavy atom. The number of hydrogen-bond acceptors (Lipinski definition) is 4. The normalized spacial score (nSPS) is 16.8. The first-order chi connectivity index (χ1) is 7.29. The summed E-state index contributed by atoms with van der Waals surface area (Å²) in [6.45, 7) is 0.592. The van der Waals surface area contributed by atoms with Crippen LogP contribution in [-0.2, 0) is 19.2 Å². The number of hydroxylamine groups is 2. The van der Waals surface area contributed by atoms with Crippen LogP contribution in [-0.4, -0.2) is 55.0 Å². The first kappa shape index (κ1) is 12.6. The van der Waals surface area contributed by atoms with Crippen LogP contribution >= 0.6 is 0 Å². The topological polar surface area (TPSA) is 63.7 Å². The van der Waals surface area contributed by atoms with Gasteiger partial charge in [-0.2, -0.15) is 0 Å². The van der Waals surface area contributed by atoms with Crippen molar-refractivity contribution in [1.82, 2.24) is 5.06 Å². The van der Waals surface area contributed by atoms with Gasteiger partial charge < -0.3 is 9.32 Å². The van der Waals surface area contributed by atoms with Crippen LogP contribution in [0.4, 0.5) is 0 Å². The molecule has 0 aromatic carbocycles. The summed E-state index contributed by atoms with van der Waals surface area (Å²) in [5.74, 6) is -1.43. The van der Waals surface area contributed by atoms with Crippen LogP contribution in [0.3, 0.4) is 0 Å². The molecule has 1 fully saturated rings. The summed E-state index contributed by atoms with van der Waals surface area (Å²) in [7, 11) is 5.83. The van der Waals surface area contributed by atoms with Gasteiger partial charge in [0.05, 0.1) is 34.1 Å². The molecule has 0 saturated carbocycles. The molecule has 1 rings (SSSR count). The van der Waals surface area contributed by atoms with Crippen molar-refractivity contribution in [2.24, 2.45) is 0 Å². The Labute approximate surface area is 94.3 Å². The van der Waals surface area contributed by atoms with Crippen molar-refractivity contribution in [2.75, 3.05) is 27.7 Å². The molecule has 0 unspecified atom stereocenters. The van der Waals surface area contributed by atoms with Crippen molar-refractivity contribution in [1.29, 1.82) is 0 Å². The van der Waals surface area contributed by atoms with E-state index in [1.54, 1.807) is 0 Å². The smallest absolute Gasteiger partial charge is 0.330 e. The standard InChI is InChI=1S/C10H17N2O4/c1-12(2,3)7-6-10(15)16-11-8(13)4-5-9(11)14/h4-7H2,1-3H3/q+1. The molecule has 1 aliphatic heterocycles. The fraction of sp³-hybridized carbons (Fsp3) is 0.700. The van der Waals surface area contributed by atoms with Gasteiger partial charge in [-0.25, -0.2) is 4.79 Å². The Morgan fingerprint density at radius 1 is 1.25 bits per heavy atom. The van der Waals surface area contributed by atoms with Crippen LogP contribution in [0.15, 0.2) is 0 Å². The van der Waals surface area contributed by atoms with Crippen molar-refractivity contribution in [3.8, 4) is 0 Å². The average Bonchev–Trinajstić information content (AvgIpc) is 2.45. The molecule has 1 heterocycles. The number of hydrogen-bond donors (Lipinski definition) is 0. The van der Waals surface area contributed by atoms with Gasteiger partial charge in [-0.05, 0) is 0 Å². The first-order valence-corrected chi connectivity index (χ1v) is 5.16. The van der Waals surface area contributed by atoms with Crippen molar-refractivity contribution >= 4 is 17.8 Å². The maximum absolute atomic E-state index is 11.4. The van der Waals surface area contributed by atoms with Gasteiger partial charge in [0, 0.05) is 12.8 Å². The highest BCUT2D eigenvalue weighted by Crippen LogP contribution is 2.12. The summed E-state index contributed by atoms with van der Waals surface area (Å²) >= 11 is 0. The molecule has 0 aromatic heterocycles. The Kier molecular flexibility index (Phi) is 3.64. The van der Waals surface area contributed by atoms with Gasteiger partial charge in [0.25, 0.3) is 11.8 Å². The zero-order valence-corrected chi connectivity index (χ0v) is 9.86. The van der Waals surface area contributed by atoms with Gasteiger partial charge in [-0.1, -0.05) is 0 Å². The molecule has 90 valence electrons. The zero-order chi connectivity index (χ0) is 12.3. The molecular formula is C10H17N2O4+. The van der Waals surface area contributed by atoms with Gasteiger partial charge in [-0.15, -0.1) is 5.06 Å². The third-order valence-corrected chi connectivity index (χ3v) is 2.19. The number of imide groups is 1. The highest BCUT2D eigenvalue weighted by molar-refractivity contribution is 6.01. The predicted octanol–water partition coefficient (Wildman–Crippen LogP) is -0.310. The second-order valence-corrected chi connectivity index (χ2v) is 4.81. The summed E-state index contributed by atoms with van der Waals surface area (Å²) in [5, 5.41) is 0.581. The van der Waals surface area contributed by atoms with Gasteiger partial charge in [-0.3, -0.25) is 9.59 Å². The molecule has 0 radical (unpaired) electrons. The highest BCUT2D eigenvalue weighted by Gasteiger charge is 2.32. The number of carbonyl (C=O) groups excluding carboxylic acids is 3. The molecule has 0 aliphatic carbocycles. The molecule has 0 aromatic rings. The van der Waals surface area contributed by atoms with Gasteiger partial charge in [0.1, 0.15) is 0 Å². The van der Waals surface area contributed by atoms with E-state index < -0.39 is 17.8 Å². The fourth-order valence-corrected chi connectivity index (χ4v) is 1.23. The van der Waals surface area contributed by atoms with E-state index in [-0.39, 0.29) is 19.3 Å². The molecule has 0 atom stereocenters. The zero-order valence-electron chi connectivity index (χ0n) is 9.86. The van der Waals surface area contributed by atoms with E-state index >= 15 is 0 Å². The van der Waals surface area contributed by atoms with E-state index in [9.17, 15) is 14.4 Å². The van der Waals surface area contributed by atoms with Crippen LogP contribution in [0.1, 0.15) is 19.3 Å². The van der Waals surface area contributed by atoms with Crippen molar-refractivity contribution < 1.29 is 23.7 Å². The maximum Gasteiger partial charge on any atom is 0.338 e. The predicted molar refractivity (Wildman–Crippen MR) is 54.7 cm³/mol. The highest BCUT2D eigenvalue weighted by atomic mass is 16.7. The minimum Gasteiger partial charge on any atom is -0.330 e. The van der Waals surface area contributed by atoms with Crippen LogP contribution in [0.25, 0.3) is 0 Å².